The Bertz CT molecular complexity index is 321. The SMILES string of the molecule is Cc1cc(CN(C)C2CCCNCC2)no1.Cl. The van der Waals surface area contributed by atoms with Crippen LogP contribution in [0.25, 0.3) is 0 Å². The topological polar surface area (TPSA) is 41.3 Å². The number of aromatic nitrogens is 1. The fourth-order valence-corrected chi connectivity index (χ4v) is 2.32. The molecule has 1 aliphatic rings. The zero-order valence-corrected chi connectivity index (χ0v) is 11.4. The lowest BCUT2D eigenvalue weighted by molar-refractivity contribution is 0.210. The summed E-state index contributed by atoms with van der Waals surface area (Å²) in [6.07, 6.45) is 3.78. The summed E-state index contributed by atoms with van der Waals surface area (Å²) in [7, 11) is 2.18. The number of nitrogens with zero attached hydrogens (tertiary/aromatic N) is 2. The van der Waals surface area contributed by atoms with Gasteiger partial charge in [0.15, 0.2) is 0 Å². The summed E-state index contributed by atoms with van der Waals surface area (Å²) in [4.78, 5) is 2.39. The van der Waals surface area contributed by atoms with Crippen LogP contribution in [0.1, 0.15) is 30.7 Å². The van der Waals surface area contributed by atoms with Crippen LogP contribution in [0.5, 0.6) is 0 Å². The van der Waals surface area contributed by atoms with Gasteiger partial charge in [0.1, 0.15) is 5.76 Å². The van der Waals surface area contributed by atoms with Gasteiger partial charge in [-0.25, -0.2) is 0 Å². The minimum absolute atomic E-state index is 0. The first-order chi connectivity index (χ1) is 7.75. The first kappa shape index (κ1) is 14.5. The summed E-state index contributed by atoms with van der Waals surface area (Å²) in [5, 5.41) is 7.48. The van der Waals surface area contributed by atoms with Crippen LogP contribution in [-0.4, -0.2) is 36.2 Å². The normalized spacial score (nSPS) is 21.0. The zero-order chi connectivity index (χ0) is 11.4. The molecule has 1 unspecified atom stereocenters. The van der Waals surface area contributed by atoms with Crippen molar-refractivity contribution in [2.24, 2.45) is 0 Å². The molecule has 0 radical (unpaired) electrons. The van der Waals surface area contributed by atoms with Crippen molar-refractivity contribution in [2.45, 2.75) is 38.8 Å². The molecule has 2 heterocycles. The summed E-state index contributed by atoms with van der Waals surface area (Å²) >= 11 is 0. The Morgan fingerprint density at radius 2 is 2.29 bits per heavy atom. The van der Waals surface area contributed by atoms with E-state index in [0.717, 1.165) is 31.1 Å². The van der Waals surface area contributed by atoms with Gasteiger partial charge in [0.2, 0.25) is 0 Å². The van der Waals surface area contributed by atoms with E-state index in [0.29, 0.717) is 6.04 Å². The predicted octanol–water partition coefficient (Wildman–Crippen LogP) is 1.98. The molecule has 0 saturated carbocycles. The van der Waals surface area contributed by atoms with E-state index in [1.165, 1.54) is 19.3 Å². The largest absolute Gasteiger partial charge is 0.361 e. The third kappa shape index (κ3) is 4.30. The smallest absolute Gasteiger partial charge is 0.133 e. The van der Waals surface area contributed by atoms with Crippen molar-refractivity contribution in [3.63, 3.8) is 0 Å². The molecular formula is C12H22ClN3O. The van der Waals surface area contributed by atoms with Gasteiger partial charge >= 0.3 is 0 Å². The van der Waals surface area contributed by atoms with Crippen LogP contribution in [0.4, 0.5) is 0 Å². The monoisotopic (exact) mass is 259 g/mol. The maximum Gasteiger partial charge on any atom is 0.133 e. The molecule has 1 N–H and O–H groups in total. The van der Waals surface area contributed by atoms with Gasteiger partial charge in [-0.15, -0.1) is 12.4 Å². The lowest BCUT2D eigenvalue weighted by atomic mass is 10.1. The van der Waals surface area contributed by atoms with Crippen LogP contribution in [0.2, 0.25) is 0 Å². The van der Waals surface area contributed by atoms with E-state index in [9.17, 15) is 0 Å². The highest BCUT2D eigenvalue weighted by molar-refractivity contribution is 5.85. The molecule has 0 spiro atoms. The molecule has 17 heavy (non-hydrogen) atoms. The zero-order valence-electron chi connectivity index (χ0n) is 10.6. The Kier molecular flexibility index (Phi) is 5.95. The molecule has 5 heteroatoms. The summed E-state index contributed by atoms with van der Waals surface area (Å²) in [6.45, 7) is 5.12. The standard InChI is InChI=1S/C12H21N3O.ClH/c1-10-8-11(14-16-10)9-15(2)12-4-3-6-13-7-5-12;/h8,12-13H,3-7,9H2,1-2H3;1H. The fraction of sp³-hybridized carbons (Fsp3) is 0.750. The molecule has 98 valence electrons. The van der Waals surface area contributed by atoms with Crippen LogP contribution >= 0.6 is 12.4 Å². The number of hydrogen-bond donors (Lipinski definition) is 1. The Balaban J connectivity index is 0.00000144. The minimum atomic E-state index is 0. The van der Waals surface area contributed by atoms with Gasteiger partial charge < -0.3 is 9.84 Å². The Labute approximate surface area is 109 Å². The van der Waals surface area contributed by atoms with Crippen LogP contribution in [0.3, 0.4) is 0 Å². The summed E-state index contributed by atoms with van der Waals surface area (Å²) < 4.78 is 5.09. The van der Waals surface area contributed by atoms with Crippen LogP contribution in [0, 0.1) is 6.92 Å². The van der Waals surface area contributed by atoms with E-state index >= 15 is 0 Å². The average Bonchev–Trinajstić information content (AvgIpc) is 2.56. The molecule has 0 amide bonds. The molecule has 4 nitrogen and oxygen atoms in total. The lowest BCUT2D eigenvalue weighted by Crippen LogP contribution is -2.32. The highest BCUT2D eigenvalue weighted by Gasteiger charge is 2.17. The van der Waals surface area contributed by atoms with E-state index in [2.05, 4.69) is 22.4 Å². The van der Waals surface area contributed by atoms with Crippen LogP contribution in [-0.2, 0) is 6.54 Å². The van der Waals surface area contributed by atoms with Gasteiger partial charge in [-0.1, -0.05) is 5.16 Å². The van der Waals surface area contributed by atoms with Crippen LogP contribution in [0.15, 0.2) is 10.6 Å². The second kappa shape index (κ2) is 6.99. The maximum atomic E-state index is 5.09. The number of nitrogens with one attached hydrogen (secondary N) is 1. The van der Waals surface area contributed by atoms with Crippen LogP contribution < -0.4 is 5.32 Å². The van der Waals surface area contributed by atoms with Gasteiger partial charge in [0.25, 0.3) is 0 Å². The highest BCUT2D eigenvalue weighted by Crippen LogP contribution is 2.14. The fourth-order valence-electron chi connectivity index (χ4n) is 2.32. The number of halogens is 1. The van der Waals surface area contributed by atoms with Gasteiger partial charge in [-0.3, -0.25) is 4.90 Å². The van der Waals surface area contributed by atoms with Crippen molar-refractivity contribution >= 4 is 12.4 Å². The van der Waals surface area contributed by atoms with Crippen molar-refractivity contribution < 1.29 is 4.52 Å². The number of aryl methyl sites for hydroxylation is 1. The van der Waals surface area contributed by atoms with E-state index < -0.39 is 0 Å². The molecule has 1 aromatic heterocycles. The highest BCUT2D eigenvalue weighted by atomic mass is 35.5. The van der Waals surface area contributed by atoms with E-state index in [1.807, 2.05) is 13.0 Å². The summed E-state index contributed by atoms with van der Waals surface area (Å²) in [5.41, 5.74) is 1.04. The minimum Gasteiger partial charge on any atom is -0.361 e. The Morgan fingerprint density at radius 1 is 1.47 bits per heavy atom. The van der Waals surface area contributed by atoms with E-state index in [-0.39, 0.29) is 12.4 Å². The number of rotatable bonds is 3. The van der Waals surface area contributed by atoms with Crippen molar-refractivity contribution in [3.05, 3.63) is 17.5 Å². The average molecular weight is 260 g/mol. The lowest BCUT2D eigenvalue weighted by Gasteiger charge is -2.25. The van der Waals surface area contributed by atoms with Gasteiger partial charge in [0, 0.05) is 18.7 Å². The summed E-state index contributed by atoms with van der Waals surface area (Å²) in [5.74, 6) is 0.894. The van der Waals surface area contributed by atoms with E-state index in [1.54, 1.807) is 0 Å². The molecule has 1 saturated heterocycles. The third-order valence-corrected chi connectivity index (χ3v) is 3.26. The molecule has 1 aliphatic heterocycles. The van der Waals surface area contributed by atoms with Gasteiger partial charge in [0.05, 0.1) is 5.69 Å². The summed E-state index contributed by atoms with van der Waals surface area (Å²) in [6, 6.07) is 2.69. The van der Waals surface area contributed by atoms with Crippen molar-refractivity contribution in [3.8, 4) is 0 Å². The van der Waals surface area contributed by atoms with Crippen molar-refractivity contribution in [2.75, 3.05) is 20.1 Å². The molecule has 0 aliphatic carbocycles. The second-order valence-corrected chi connectivity index (χ2v) is 4.68. The predicted molar refractivity (Wildman–Crippen MR) is 70.5 cm³/mol. The quantitative estimate of drug-likeness (QED) is 0.901. The first-order valence-electron chi connectivity index (χ1n) is 6.09. The molecule has 0 bridgehead atoms. The Morgan fingerprint density at radius 3 is 3.00 bits per heavy atom. The number of hydrogen-bond acceptors (Lipinski definition) is 4. The molecule has 0 aromatic carbocycles. The Hall–Kier alpha value is -0.580. The second-order valence-electron chi connectivity index (χ2n) is 4.68. The van der Waals surface area contributed by atoms with Crippen molar-refractivity contribution in [1.29, 1.82) is 0 Å². The maximum absolute atomic E-state index is 5.09. The third-order valence-electron chi connectivity index (χ3n) is 3.26. The van der Waals surface area contributed by atoms with Gasteiger partial charge in [-0.05, 0) is 46.3 Å². The van der Waals surface area contributed by atoms with Gasteiger partial charge in [-0.2, -0.15) is 0 Å². The molecule has 1 aromatic rings. The van der Waals surface area contributed by atoms with Crippen molar-refractivity contribution in [1.82, 2.24) is 15.4 Å². The van der Waals surface area contributed by atoms with E-state index in [4.69, 9.17) is 4.52 Å². The molecule has 1 fully saturated rings. The first-order valence-corrected chi connectivity index (χ1v) is 6.09. The molecular weight excluding hydrogens is 238 g/mol. The molecule has 2 rings (SSSR count). The molecule has 1 atom stereocenters.